The molecule has 38 heavy (non-hydrogen) atoms. The van der Waals surface area contributed by atoms with E-state index >= 15 is 0 Å². The molecule has 0 fully saturated rings. The summed E-state index contributed by atoms with van der Waals surface area (Å²) < 4.78 is 13.6. The number of benzene rings is 3. The van der Waals surface area contributed by atoms with Gasteiger partial charge in [0.1, 0.15) is 23.3 Å². The van der Waals surface area contributed by atoms with E-state index in [1.807, 2.05) is 92.7 Å². The summed E-state index contributed by atoms with van der Waals surface area (Å²) in [6.45, 7) is 6.34. The molecular formula is C29H29N5O3S. The number of ether oxygens (including phenoxy) is 2. The van der Waals surface area contributed by atoms with Crippen LogP contribution in [-0.4, -0.2) is 33.0 Å². The van der Waals surface area contributed by atoms with Crippen molar-refractivity contribution in [1.29, 1.82) is 0 Å². The molecule has 0 spiro atoms. The van der Waals surface area contributed by atoms with Crippen molar-refractivity contribution in [3.63, 3.8) is 0 Å². The lowest BCUT2D eigenvalue weighted by Gasteiger charge is -2.29. The van der Waals surface area contributed by atoms with Gasteiger partial charge in [-0.15, -0.1) is 5.10 Å². The smallest absolute Gasteiger partial charge is 0.255 e. The molecule has 0 saturated carbocycles. The minimum atomic E-state index is -0.525. The summed E-state index contributed by atoms with van der Waals surface area (Å²) in [6.07, 6.45) is 0. The van der Waals surface area contributed by atoms with Gasteiger partial charge in [0.2, 0.25) is 11.1 Å². The van der Waals surface area contributed by atoms with Crippen LogP contribution >= 0.6 is 11.8 Å². The number of aromatic nitrogens is 3. The molecule has 8 nitrogen and oxygen atoms in total. The number of thioether (sulfide) groups is 1. The van der Waals surface area contributed by atoms with Crippen molar-refractivity contribution in [1.82, 2.24) is 14.8 Å². The van der Waals surface area contributed by atoms with E-state index in [1.165, 1.54) is 0 Å². The van der Waals surface area contributed by atoms with Crippen LogP contribution < -0.4 is 20.1 Å². The highest BCUT2D eigenvalue weighted by molar-refractivity contribution is 7.99. The van der Waals surface area contributed by atoms with E-state index in [2.05, 4.69) is 22.5 Å². The molecule has 2 N–H and O–H groups in total. The first-order chi connectivity index (χ1) is 18.6. The number of para-hydroxylation sites is 3. The lowest BCUT2D eigenvalue weighted by molar-refractivity contribution is -0.113. The SMILES string of the molecule is CCOc1ccccc1NC(=O)C1=C(C)Nc2nc(SCC)nn2C1c1cccc(Oc2ccccc2)c1. The van der Waals surface area contributed by atoms with Crippen molar-refractivity contribution in [2.75, 3.05) is 23.0 Å². The second kappa shape index (κ2) is 11.4. The Morgan fingerprint density at radius 1 is 1.03 bits per heavy atom. The first-order valence-corrected chi connectivity index (χ1v) is 13.5. The number of nitrogens with zero attached hydrogens (tertiary/aromatic N) is 3. The predicted molar refractivity (Wildman–Crippen MR) is 150 cm³/mol. The van der Waals surface area contributed by atoms with Gasteiger partial charge in [-0.25, -0.2) is 4.68 Å². The molecular weight excluding hydrogens is 498 g/mol. The first kappa shape index (κ1) is 25.4. The number of carbonyl (C=O) groups is 1. The zero-order valence-corrected chi connectivity index (χ0v) is 22.3. The molecule has 9 heteroatoms. The number of amides is 1. The summed E-state index contributed by atoms with van der Waals surface area (Å²) >= 11 is 1.55. The number of carbonyl (C=O) groups excluding carboxylic acids is 1. The highest BCUT2D eigenvalue weighted by Gasteiger charge is 2.35. The zero-order chi connectivity index (χ0) is 26.5. The Bertz CT molecular complexity index is 1470. The van der Waals surface area contributed by atoms with Crippen LogP contribution in [0.5, 0.6) is 17.2 Å². The molecule has 0 aliphatic carbocycles. The molecule has 0 bridgehead atoms. The molecule has 5 rings (SSSR count). The monoisotopic (exact) mass is 527 g/mol. The normalized spacial score (nSPS) is 14.4. The van der Waals surface area contributed by atoms with E-state index in [0.717, 1.165) is 17.1 Å². The van der Waals surface area contributed by atoms with Gasteiger partial charge in [0.15, 0.2) is 0 Å². The molecule has 1 aromatic heterocycles. The third-order valence-corrected chi connectivity index (χ3v) is 6.66. The predicted octanol–water partition coefficient (Wildman–Crippen LogP) is 6.51. The van der Waals surface area contributed by atoms with Crippen LogP contribution in [-0.2, 0) is 4.79 Å². The van der Waals surface area contributed by atoms with Crippen LogP contribution in [0.2, 0.25) is 0 Å². The Kier molecular flexibility index (Phi) is 7.65. The fourth-order valence-electron chi connectivity index (χ4n) is 4.34. The molecule has 1 aliphatic rings. The third-order valence-electron chi connectivity index (χ3n) is 5.94. The average molecular weight is 528 g/mol. The molecule has 1 atom stereocenters. The Hall–Kier alpha value is -4.24. The molecule has 4 aromatic rings. The standard InChI is InChI=1S/C29H29N5O3S/c1-4-36-24-17-10-9-16-23(24)31-27(35)25-19(3)30-28-32-29(38-5-2)33-34(28)26(25)20-12-11-15-22(18-20)37-21-13-7-6-8-14-21/h6-18,26H,4-5H2,1-3H3,(H,31,35)(H,30,32,33). The number of hydrogen-bond acceptors (Lipinski definition) is 7. The maximum Gasteiger partial charge on any atom is 0.255 e. The number of hydrogen-bond donors (Lipinski definition) is 2. The second-order valence-corrected chi connectivity index (χ2v) is 9.76. The minimum absolute atomic E-state index is 0.257. The highest BCUT2D eigenvalue weighted by atomic mass is 32.2. The average Bonchev–Trinajstić information content (AvgIpc) is 3.32. The maximum absolute atomic E-state index is 13.9. The fraction of sp³-hybridized carbons (Fsp3) is 0.207. The minimum Gasteiger partial charge on any atom is -0.492 e. The van der Waals surface area contributed by atoms with Gasteiger partial charge in [-0.2, -0.15) is 4.98 Å². The summed E-state index contributed by atoms with van der Waals surface area (Å²) in [6, 6.07) is 24.2. The van der Waals surface area contributed by atoms with Crippen LogP contribution in [0.15, 0.2) is 95.3 Å². The summed E-state index contributed by atoms with van der Waals surface area (Å²) in [4.78, 5) is 18.5. The quantitative estimate of drug-likeness (QED) is 0.240. The van der Waals surface area contributed by atoms with Crippen molar-refractivity contribution in [3.8, 4) is 17.2 Å². The van der Waals surface area contributed by atoms with Gasteiger partial charge < -0.3 is 20.1 Å². The largest absolute Gasteiger partial charge is 0.492 e. The summed E-state index contributed by atoms with van der Waals surface area (Å²) in [5.41, 5.74) is 2.68. The number of rotatable bonds is 9. The molecule has 1 amide bonds. The van der Waals surface area contributed by atoms with Gasteiger partial charge in [-0.05, 0) is 61.6 Å². The van der Waals surface area contributed by atoms with E-state index in [1.54, 1.807) is 16.4 Å². The van der Waals surface area contributed by atoms with Crippen molar-refractivity contribution < 1.29 is 14.3 Å². The molecule has 3 aromatic carbocycles. The second-order valence-electron chi connectivity index (χ2n) is 8.53. The molecule has 2 heterocycles. The first-order valence-electron chi connectivity index (χ1n) is 12.5. The summed E-state index contributed by atoms with van der Waals surface area (Å²) in [5, 5.41) is 11.7. The van der Waals surface area contributed by atoms with Crippen LogP contribution in [0.4, 0.5) is 11.6 Å². The van der Waals surface area contributed by atoms with Gasteiger partial charge in [-0.3, -0.25) is 4.79 Å². The van der Waals surface area contributed by atoms with Crippen LogP contribution in [0, 0.1) is 0 Å². The fourth-order valence-corrected chi connectivity index (χ4v) is 4.89. The number of allylic oxidation sites excluding steroid dienone is 1. The molecule has 1 aliphatic heterocycles. The molecule has 194 valence electrons. The van der Waals surface area contributed by atoms with Crippen LogP contribution in [0.1, 0.15) is 32.4 Å². The van der Waals surface area contributed by atoms with Crippen LogP contribution in [0.25, 0.3) is 0 Å². The van der Waals surface area contributed by atoms with E-state index < -0.39 is 6.04 Å². The molecule has 0 saturated heterocycles. The zero-order valence-electron chi connectivity index (χ0n) is 21.5. The number of anilines is 2. The highest BCUT2D eigenvalue weighted by Crippen LogP contribution is 2.38. The molecule has 0 radical (unpaired) electrons. The van der Waals surface area contributed by atoms with Gasteiger partial charge in [0.25, 0.3) is 5.91 Å². The maximum atomic E-state index is 13.9. The van der Waals surface area contributed by atoms with Gasteiger partial charge in [0.05, 0.1) is 17.9 Å². The van der Waals surface area contributed by atoms with Gasteiger partial charge in [-0.1, -0.05) is 61.2 Å². The van der Waals surface area contributed by atoms with E-state index in [-0.39, 0.29) is 5.91 Å². The topological polar surface area (TPSA) is 90.3 Å². The van der Waals surface area contributed by atoms with Crippen LogP contribution in [0.3, 0.4) is 0 Å². The van der Waals surface area contributed by atoms with Gasteiger partial charge >= 0.3 is 0 Å². The van der Waals surface area contributed by atoms with Crippen molar-refractivity contribution in [2.45, 2.75) is 32.0 Å². The van der Waals surface area contributed by atoms with Crippen molar-refractivity contribution in [3.05, 3.63) is 95.7 Å². The Morgan fingerprint density at radius 3 is 2.58 bits per heavy atom. The number of nitrogens with one attached hydrogen (secondary N) is 2. The van der Waals surface area contributed by atoms with E-state index in [4.69, 9.17) is 14.6 Å². The van der Waals surface area contributed by atoms with E-state index in [9.17, 15) is 4.79 Å². The van der Waals surface area contributed by atoms with Crippen molar-refractivity contribution in [2.24, 2.45) is 0 Å². The molecule has 1 unspecified atom stereocenters. The Morgan fingerprint density at radius 2 is 1.79 bits per heavy atom. The third kappa shape index (κ3) is 5.38. The lowest BCUT2D eigenvalue weighted by atomic mass is 9.94. The van der Waals surface area contributed by atoms with Crippen molar-refractivity contribution >= 4 is 29.3 Å². The van der Waals surface area contributed by atoms with E-state index in [0.29, 0.717) is 46.2 Å². The number of fused-ring (bicyclic) bond motifs is 1. The van der Waals surface area contributed by atoms with Gasteiger partial charge in [0, 0.05) is 5.70 Å². The lowest BCUT2D eigenvalue weighted by Crippen LogP contribution is -2.31. The Balaban J connectivity index is 1.55. The Labute approximate surface area is 226 Å². The summed E-state index contributed by atoms with van der Waals surface area (Å²) in [7, 11) is 0. The summed E-state index contributed by atoms with van der Waals surface area (Å²) in [5.74, 6) is 3.17.